The van der Waals surface area contributed by atoms with Crippen LogP contribution in [0.4, 0.5) is 13.2 Å². The van der Waals surface area contributed by atoms with Crippen LogP contribution in [0.5, 0.6) is 0 Å². The minimum absolute atomic E-state index is 0.294. The van der Waals surface area contributed by atoms with Crippen molar-refractivity contribution < 1.29 is 17.9 Å². The van der Waals surface area contributed by atoms with E-state index in [4.69, 9.17) is 4.74 Å². The standard InChI is InChI=1S/C9H11F3N2O/c1-3-15-6(2)7-4-13-8(14-5-7)9(10,11)12/h4-6H,3H2,1-2H3. The van der Waals surface area contributed by atoms with Crippen LogP contribution < -0.4 is 0 Å². The number of hydrogen-bond donors (Lipinski definition) is 0. The Labute approximate surface area is 85.3 Å². The van der Waals surface area contributed by atoms with Gasteiger partial charge in [0.15, 0.2) is 0 Å². The Morgan fingerprint density at radius 3 is 2.27 bits per heavy atom. The fourth-order valence-corrected chi connectivity index (χ4v) is 1.04. The minimum atomic E-state index is -4.49. The number of rotatable bonds is 3. The summed E-state index contributed by atoms with van der Waals surface area (Å²) < 4.78 is 41.5. The van der Waals surface area contributed by atoms with Gasteiger partial charge in [-0.3, -0.25) is 0 Å². The topological polar surface area (TPSA) is 35.0 Å². The summed E-state index contributed by atoms with van der Waals surface area (Å²) in [5.41, 5.74) is 0.532. The third kappa shape index (κ3) is 3.16. The van der Waals surface area contributed by atoms with E-state index < -0.39 is 12.0 Å². The van der Waals surface area contributed by atoms with Gasteiger partial charge in [0.2, 0.25) is 5.82 Å². The van der Waals surface area contributed by atoms with E-state index in [1.54, 1.807) is 13.8 Å². The molecule has 0 aliphatic heterocycles. The smallest absolute Gasteiger partial charge is 0.374 e. The van der Waals surface area contributed by atoms with Crippen molar-refractivity contribution in [1.82, 2.24) is 9.97 Å². The molecular formula is C9H11F3N2O. The summed E-state index contributed by atoms with van der Waals surface area (Å²) >= 11 is 0. The fraction of sp³-hybridized carbons (Fsp3) is 0.556. The van der Waals surface area contributed by atoms with Gasteiger partial charge in [0.05, 0.1) is 6.10 Å². The average Bonchev–Trinajstić information content (AvgIpc) is 2.17. The molecule has 0 saturated heterocycles. The molecule has 0 radical (unpaired) electrons. The van der Waals surface area contributed by atoms with Crippen LogP contribution >= 0.6 is 0 Å². The van der Waals surface area contributed by atoms with E-state index in [9.17, 15) is 13.2 Å². The quantitative estimate of drug-likeness (QED) is 0.785. The van der Waals surface area contributed by atoms with E-state index in [1.165, 1.54) is 0 Å². The number of alkyl halides is 3. The van der Waals surface area contributed by atoms with Crippen LogP contribution in [0, 0.1) is 0 Å². The Hall–Kier alpha value is -1.17. The average molecular weight is 220 g/mol. The van der Waals surface area contributed by atoms with Crippen molar-refractivity contribution in [2.45, 2.75) is 26.1 Å². The highest BCUT2D eigenvalue weighted by atomic mass is 19.4. The molecule has 1 rings (SSSR count). The maximum atomic E-state index is 12.1. The van der Waals surface area contributed by atoms with Crippen molar-refractivity contribution >= 4 is 0 Å². The molecule has 15 heavy (non-hydrogen) atoms. The highest BCUT2D eigenvalue weighted by molar-refractivity contribution is 5.09. The van der Waals surface area contributed by atoms with E-state index in [1.807, 2.05) is 0 Å². The van der Waals surface area contributed by atoms with E-state index in [2.05, 4.69) is 9.97 Å². The number of ether oxygens (including phenoxy) is 1. The first-order valence-corrected chi connectivity index (χ1v) is 4.46. The molecule has 6 heteroatoms. The van der Waals surface area contributed by atoms with E-state index >= 15 is 0 Å². The van der Waals surface area contributed by atoms with Gasteiger partial charge in [0.25, 0.3) is 0 Å². The molecule has 1 heterocycles. The molecule has 0 aliphatic rings. The summed E-state index contributed by atoms with van der Waals surface area (Å²) in [5, 5.41) is 0. The monoisotopic (exact) mass is 220 g/mol. The normalized spacial score (nSPS) is 13.9. The summed E-state index contributed by atoms with van der Waals surface area (Å²) in [6.07, 6.45) is -2.52. The van der Waals surface area contributed by atoms with Gasteiger partial charge in [0.1, 0.15) is 0 Å². The summed E-state index contributed by atoms with van der Waals surface area (Å²) in [5.74, 6) is -1.13. The molecule has 1 aromatic rings. The zero-order valence-corrected chi connectivity index (χ0v) is 8.38. The van der Waals surface area contributed by atoms with Gasteiger partial charge in [0, 0.05) is 24.6 Å². The van der Waals surface area contributed by atoms with Crippen molar-refractivity contribution in [3.8, 4) is 0 Å². The van der Waals surface area contributed by atoms with E-state index in [0.717, 1.165) is 12.4 Å². The first-order valence-electron chi connectivity index (χ1n) is 4.46. The van der Waals surface area contributed by atoms with Crippen LogP contribution in [0.1, 0.15) is 31.3 Å². The van der Waals surface area contributed by atoms with Crippen LogP contribution in [0.25, 0.3) is 0 Å². The van der Waals surface area contributed by atoms with Crippen LogP contribution in [0.2, 0.25) is 0 Å². The fourth-order valence-electron chi connectivity index (χ4n) is 1.04. The Kier molecular flexibility index (Phi) is 3.62. The SMILES string of the molecule is CCOC(C)c1cnc(C(F)(F)F)nc1. The molecule has 0 N–H and O–H groups in total. The molecule has 84 valence electrons. The molecular weight excluding hydrogens is 209 g/mol. The molecule has 0 saturated carbocycles. The molecule has 1 aromatic heterocycles. The summed E-state index contributed by atoms with van der Waals surface area (Å²) in [6, 6.07) is 0. The van der Waals surface area contributed by atoms with Gasteiger partial charge < -0.3 is 4.74 Å². The zero-order valence-electron chi connectivity index (χ0n) is 8.38. The lowest BCUT2D eigenvalue weighted by molar-refractivity contribution is -0.145. The lowest BCUT2D eigenvalue weighted by Gasteiger charge is -2.11. The molecule has 0 aliphatic carbocycles. The van der Waals surface area contributed by atoms with E-state index in [0.29, 0.717) is 12.2 Å². The van der Waals surface area contributed by atoms with Gasteiger partial charge in [-0.1, -0.05) is 0 Å². The third-order valence-electron chi connectivity index (χ3n) is 1.81. The lowest BCUT2D eigenvalue weighted by atomic mass is 10.2. The Morgan fingerprint density at radius 2 is 1.87 bits per heavy atom. The largest absolute Gasteiger partial charge is 0.451 e. The number of halogens is 3. The second-order valence-corrected chi connectivity index (χ2v) is 2.94. The predicted octanol–water partition coefficient (Wildman–Crippen LogP) is 2.59. The van der Waals surface area contributed by atoms with Crippen LogP contribution in [0.3, 0.4) is 0 Å². The minimum Gasteiger partial charge on any atom is -0.374 e. The number of nitrogens with zero attached hydrogens (tertiary/aromatic N) is 2. The second-order valence-electron chi connectivity index (χ2n) is 2.94. The first-order chi connectivity index (χ1) is 6.95. The maximum absolute atomic E-state index is 12.1. The van der Waals surface area contributed by atoms with Gasteiger partial charge in [-0.15, -0.1) is 0 Å². The van der Waals surface area contributed by atoms with Crippen molar-refractivity contribution in [2.75, 3.05) is 6.61 Å². The van der Waals surface area contributed by atoms with Crippen molar-refractivity contribution in [1.29, 1.82) is 0 Å². The second kappa shape index (κ2) is 4.57. The Morgan fingerprint density at radius 1 is 1.33 bits per heavy atom. The molecule has 0 fully saturated rings. The van der Waals surface area contributed by atoms with E-state index in [-0.39, 0.29) is 6.10 Å². The molecule has 0 amide bonds. The van der Waals surface area contributed by atoms with Gasteiger partial charge in [-0.25, -0.2) is 9.97 Å². The molecule has 1 atom stereocenters. The third-order valence-corrected chi connectivity index (χ3v) is 1.81. The predicted molar refractivity (Wildman–Crippen MR) is 47.1 cm³/mol. The molecule has 0 bridgehead atoms. The zero-order chi connectivity index (χ0) is 11.5. The van der Waals surface area contributed by atoms with Crippen molar-refractivity contribution in [3.63, 3.8) is 0 Å². The maximum Gasteiger partial charge on any atom is 0.451 e. The summed E-state index contributed by atoms with van der Waals surface area (Å²) in [6.45, 7) is 4.03. The first kappa shape index (κ1) is 11.9. The van der Waals surface area contributed by atoms with Crippen molar-refractivity contribution in [2.24, 2.45) is 0 Å². The van der Waals surface area contributed by atoms with Gasteiger partial charge in [-0.05, 0) is 13.8 Å². The van der Waals surface area contributed by atoms with Crippen molar-refractivity contribution in [3.05, 3.63) is 23.8 Å². The van der Waals surface area contributed by atoms with Crippen LogP contribution in [-0.2, 0) is 10.9 Å². The Bertz CT molecular complexity index is 310. The number of aromatic nitrogens is 2. The van der Waals surface area contributed by atoms with Crippen LogP contribution in [-0.4, -0.2) is 16.6 Å². The summed E-state index contributed by atoms with van der Waals surface area (Å²) in [4.78, 5) is 6.47. The van der Waals surface area contributed by atoms with Gasteiger partial charge in [-0.2, -0.15) is 13.2 Å². The van der Waals surface area contributed by atoms with Crippen LogP contribution in [0.15, 0.2) is 12.4 Å². The highest BCUT2D eigenvalue weighted by Crippen LogP contribution is 2.26. The molecule has 3 nitrogen and oxygen atoms in total. The van der Waals surface area contributed by atoms with Gasteiger partial charge >= 0.3 is 6.18 Å². The number of hydrogen-bond acceptors (Lipinski definition) is 3. The molecule has 0 spiro atoms. The highest BCUT2D eigenvalue weighted by Gasteiger charge is 2.34. The molecule has 0 aromatic carbocycles. The molecule has 1 unspecified atom stereocenters. The lowest BCUT2D eigenvalue weighted by Crippen LogP contribution is -2.11. The Balaban J connectivity index is 2.81. The summed E-state index contributed by atoms with van der Waals surface area (Å²) in [7, 11) is 0.